The maximum Gasteiger partial charge on any atom is 0.236 e. The van der Waals surface area contributed by atoms with Gasteiger partial charge in [-0.25, -0.2) is 12.8 Å². The van der Waals surface area contributed by atoms with Crippen molar-refractivity contribution in [2.75, 3.05) is 18.0 Å². The quantitative estimate of drug-likeness (QED) is 0.555. The van der Waals surface area contributed by atoms with E-state index in [2.05, 4.69) is 11.9 Å². The average molecular weight is 429 g/mol. The Bertz CT molecular complexity index is 1130. The highest BCUT2D eigenvalue weighted by atomic mass is 32.2. The number of aryl methyl sites for hydroxylation is 1. The molecule has 0 amide bonds. The fraction of sp³-hybridized carbons (Fsp3) is 0.348. The van der Waals surface area contributed by atoms with Gasteiger partial charge in [0.2, 0.25) is 26.6 Å². The normalized spacial score (nSPS) is 15.5. The molecule has 0 spiro atoms. The number of hydrogen-bond donors (Lipinski definition) is 0. The van der Waals surface area contributed by atoms with Gasteiger partial charge < -0.3 is 9.32 Å². The molecule has 4 rings (SSSR count). The molecule has 5 nitrogen and oxygen atoms in total. The van der Waals surface area contributed by atoms with Gasteiger partial charge in [-0.3, -0.25) is 0 Å². The van der Waals surface area contributed by atoms with E-state index in [0.717, 1.165) is 24.8 Å². The summed E-state index contributed by atoms with van der Waals surface area (Å²) in [6, 6.07) is 12.7. The van der Waals surface area contributed by atoms with E-state index in [9.17, 15) is 12.8 Å². The Labute approximate surface area is 176 Å². The van der Waals surface area contributed by atoms with Gasteiger partial charge in [0, 0.05) is 13.1 Å². The van der Waals surface area contributed by atoms with Crippen LogP contribution in [0.2, 0.25) is 0 Å². The van der Waals surface area contributed by atoms with Crippen molar-refractivity contribution < 1.29 is 17.2 Å². The highest BCUT2D eigenvalue weighted by Crippen LogP contribution is 2.37. The molecule has 1 fully saturated rings. The molecule has 30 heavy (non-hydrogen) atoms. The van der Waals surface area contributed by atoms with Crippen LogP contribution in [0.4, 0.5) is 10.3 Å². The van der Waals surface area contributed by atoms with Crippen LogP contribution < -0.4 is 4.90 Å². The second-order valence-corrected chi connectivity index (χ2v) is 9.63. The first-order valence-corrected chi connectivity index (χ1v) is 11.7. The summed E-state index contributed by atoms with van der Waals surface area (Å²) < 4.78 is 47.1. The van der Waals surface area contributed by atoms with Crippen molar-refractivity contribution in [2.24, 2.45) is 5.92 Å². The average Bonchev–Trinajstić information content (AvgIpc) is 3.20. The summed E-state index contributed by atoms with van der Waals surface area (Å²) in [5, 5.41) is -0.153. The number of benzene rings is 2. The van der Waals surface area contributed by atoms with Crippen molar-refractivity contribution >= 4 is 15.7 Å². The van der Waals surface area contributed by atoms with Gasteiger partial charge in [-0.2, -0.15) is 4.98 Å². The Morgan fingerprint density at radius 2 is 1.77 bits per heavy atom. The molecule has 1 saturated heterocycles. The SMILES string of the molecule is CCC1CCN(c2oc(-c3ccccc3F)nc2S(=O)(=O)c2ccc(C)cc2)CC1. The Morgan fingerprint density at radius 1 is 1.10 bits per heavy atom. The summed E-state index contributed by atoms with van der Waals surface area (Å²) in [5.74, 6) is 0.288. The third kappa shape index (κ3) is 3.86. The van der Waals surface area contributed by atoms with Crippen LogP contribution in [0, 0.1) is 18.7 Å². The van der Waals surface area contributed by atoms with Crippen molar-refractivity contribution in [3.8, 4) is 11.5 Å². The lowest BCUT2D eigenvalue weighted by molar-refractivity contribution is 0.380. The summed E-state index contributed by atoms with van der Waals surface area (Å²) >= 11 is 0. The van der Waals surface area contributed by atoms with Gasteiger partial charge in [0.25, 0.3) is 0 Å². The number of sulfone groups is 1. The standard InChI is InChI=1S/C23H25FN2O3S/c1-3-17-12-14-26(15-13-17)23-22(30(27,28)18-10-8-16(2)9-11-18)25-21(29-23)19-6-4-5-7-20(19)24/h4-11,17H,3,12-15H2,1-2H3. The second kappa shape index (κ2) is 8.22. The molecule has 1 aliphatic rings. The van der Waals surface area contributed by atoms with Gasteiger partial charge in [0.15, 0.2) is 0 Å². The third-order valence-corrected chi connectivity index (χ3v) is 7.42. The molecule has 158 valence electrons. The summed E-state index contributed by atoms with van der Waals surface area (Å²) in [7, 11) is -3.92. The van der Waals surface area contributed by atoms with Crippen LogP contribution in [0.15, 0.2) is 62.9 Å². The minimum Gasteiger partial charge on any atom is -0.419 e. The number of anilines is 1. The van der Waals surface area contributed by atoms with E-state index >= 15 is 0 Å². The Kier molecular flexibility index (Phi) is 5.64. The lowest BCUT2D eigenvalue weighted by Gasteiger charge is -2.31. The van der Waals surface area contributed by atoms with E-state index in [4.69, 9.17) is 4.42 Å². The van der Waals surface area contributed by atoms with Crippen LogP contribution in [-0.4, -0.2) is 26.5 Å². The lowest BCUT2D eigenvalue weighted by atomic mass is 9.95. The van der Waals surface area contributed by atoms with Crippen molar-refractivity contribution in [1.29, 1.82) is 0 Å². The van der Waals surface area contributed by atoms with E-state index in [1.807, 2.05) is 11.8 Å². The number of aromatic nitrogens is 1. The van der Waals surface area contributed by atoms with Gasteiger partial charge in [0.1, 0.15) is 5.82 Å². The number of rotatable bonds is 5. The molecule has 0 radical (unpaired) electrons. The smallest absolute Gasteiger partial charge is 0.236 e. The maximum absolute atomic E-state index is 14.4. The molecule has 0 saturated carbocycles. The predicted molar refractivity (Wildman–Crippen MR) is 114 cm³/mol. The molecule has 3 aromatic rings. The first-order valence-electron chi connectivity index (χ1n) is 10.2. The molecular formula is C23H25FN2O3S. The maximum atomic E-state index is 14.4. The van der Waals surface area contributed by atoms with Crippen LogP contribution in [0.1, 0.15) is 31.7 Å². The van der Waals surface area contributed by atoms with Gasteiger partial charge in [0.05, 0.1) is 10.5 Å². The van der Waals surface area contributed by atoms with Crippen LogP contribution in [0.25, 0.3) is 11.5 Å². The van der Waals surface area contributed by atoms with Crippen LogP contribution in [-0.2, 0) is 9.84 Å². The van der Waals surface area contributed by atoms with E-state index in [0.29, 0.717) is 19.0 Å². The first kappa shape index (κ1) is 20.6. The summed E-state index contributed by atoms with van der Waals surface area (Å²) in [6.07, 6.45) is 3.01. The zero-order valence-electron chi connectivity index (χ0n) is 17.1. The summed E-state index contributed by atoms with van der Waals surface area (Å²) in [5.41, 5.74) is 1.11. The first-order chi connectivity index (χ1) is 14.4. The number of halogens is 1. The zero-order chi connectivity index (χ0) is 21.3. The molecule has 7 heteroatoms. The minimum absolute atomic E-state index is 0.0219. The van der Waals surface area contributed by atoms with Crippen molar-refractivity contribution in [3.05, 3.63) is 59.9 Å². The van der Waals surface area contributed by atoms with Gasteiger partial charge in [-0.15, -0.1) is 0 Å². The number of piperidine rings is 1. The van der Waals surface area contributed by atoms with Gasteiger partial charge >= 0.3 is 0 Å². The Balaban J connectivity index is 1.82. The monoisotopic (exact) mass is 428 g/mol. The molecule has 0 aliphatic carbocycles. The molecular weight excluding hydrogens is 403 g/mol. The van der Waals surface area contributed by atoms with Crippen molar-refractivity contribution in [1.82, 2.24) is 4.98 Å². The number of hydrogen-bond acceptors (Lipinski definition) is 5. The van der Waals surface area contributed by atoms with Crippen LogP contribution in [0.5, 0.6) is 0 Å². The van der Waals surface area contributed by atoms with E-state index < -0.39 is 15.7 Å². The fourth-order valence-electron chi connectivity index (χ4n) is 3.80. The molecule has 0 bridgehead atoms. The molecule has 1 aromatic heterocycles. The minimum atomic E-state index is -3.92. The second-order valence-electron chi connectivity index (χ2n) is 7.76. The fourth-order valence-corrected chi connectivity index (χ4v) is 5.12. The molecule has 0 unspecified atom stereocenters. The highest BCUT2D eigenvalue weighted by molar-refractivity contribution is 7.91. The topological polar surface area (TPSA) is 63.4 Å². The van der Waals surface area contributed by atoms with Crippen molar-refractivity contribution in [3.63, 3.8) is 0 Å². The molecule has 0 atom stereocenters. The summed E-state index contributed by atoms with van der Waals surface area (Å²) in [4.78, 5) is 6.36. The van der Waals surface area contributed by atoms with Gasteiger partial charge in [-0.05, 0) is 49.9 Å². The largest absolute Gasteiger partial charge is 0.419 e. The summed E-state index contributed by atoms with van der Waals surface area (Å²) in [6.45, 7) is 5.42. The zero-order valence-corrected chi connectivity index (χ0v) is 18.0. The van der Waals surface area contributed by atoms with Crippen LogP contribution >= 0.6 is 0 Å². The molecule has 2 aromatic carbocycles. The lowest BCUT2D eigenvalue weighted by Crippen LogP contribution is -2.34. The number of oxazole rings is 1. The van der Waals surface area contributed by atoms with Crippen molar-refractivity contribution in [2.45, 2.75) is 43.0 Å². The Hall–Kier alpha value is -2.67. The molecule has 0 N–H and O–H groups in total. The van der Waals surface area contributed by atoms with E-state index in [1.54, 1.807) is 36.4 Å². The number of nitrogens with zero attached hydrogens (tertiary/aromatic N) is 2. The molecule has 2 heterocycles. The van der Waals surface area contributed by atoms with Crippen LogP contribution in [0.3, 0.4) is 0 Å². The van der Waals surface area contributed by atoms with E-state index in [-0.39, 0.29) is 27.3 Å². The molecule has 1 aliphatic heterocycles. The predicted octanol–water partition coefficient (Wildman–Crippen LogP) is 5.25. The highest BCUT2D eigenvalue weighted by Gasteiger charge is 2.33. The Morgan fingerprint density at radius 3 is 2.40 bits per heavy atom. The van der Waals surface area contributed by atoms with Gasteiger partial charge in [-0.1, -0.05) is 43.2 Å². The van der Waals surface area contributed by atoms with E-state index in [1.165, 1.54) is 12.1 Å². The third-order valence-electron chi connectivity index (χ3n) is 5.75.